The number of methoxy groups -OCH3 is 2. The minimum Gasteiger partial charge on any atom is -0.493 e. The molecule has 2 aromatic carbocycles. The molecule has 1 heterocycles. The van der Waals surface area contributed by atoms with E-state index < -0.39 is 0 Å². The first-order valence-electron chi connectivity index (χ1n) is 7.26. The molecule has 0 bridgehead atoms. The van der Waals surface area contributed by atoms with E-state index >= 15 is 0 Å². The highest BCUT2D eigenvalue weighted by molar-refractivity contribution is 7.19. The van der Waals surface area contributed by atoms with Crippen molar-refractivity contribution in [3.05, 3.63) is 60.3 Å². The summed E-state index contributed by atoms with van der Waals surface area (Å²) in [5.74, 6) is 0.842. The lowest BCUT2D eigenvalue weighted by molar-refractivity contribution is 0.102. The third-order valence-corrected chi connectivity index (χ3v) is 4.39. The highest BCUT2D eigenvalue weighted by Gasteiger charge is 2.13. The number of benzene rings is 2. The first-order valence-corrected chi connectivity index (χ1v) is 8.07. The lowest BCUT2D eigenvalue weighted by Crippen LogP contribution is -2.11. The molecule has 1 aromatic heterocycles. The van der Waals surface area contributed by atoms with Gasteiger partial charge in [0.05, 0.1) is 19.1 Å². The molecule has 0 radical (unpaired) electrons. The topological polar surface area (TPSA) is 60.5 Å². The maximum atomic E-state index is 12.4. The first kappa shape index (κ1) is 16.0. The number of hydrogen-bond donors (Lipinski definition) is 1. The van der Waals surface area contributed by atoms with E-state index in [0.29, 0.717) is 22.2 Å². The molecule has 0 saturated heterocycles. The zero-order valence-electron chi connectivity index (χ0n) is 13.3. The number of anilines is 1. The van der Waals surface area contributed by atoms with Gasteiger partial charge < -0.3 is 9.47 Å². The van der Waals surface area contributed by atoms with E-state index in [1.807, 2.05) is 30.3 Å². The van der Waals surface area contributed by atoms with Gasteiger partial charge in [-0.2, -0.15) is 0 Å². The van der Waals surface area contributed by atoms with Crippen LogP contribution in [0.25, 0.3) is 10.4 Å². The van der Waals surface area contributed by atoms with E-state index in [-0.39, 0.29) is 5.91 Å². The molecule has 122 valence electrons. The monoisotopic (exact) mass is 340 g/mol. The van der Waals surface area contributed by atoms with Crippen molar-refractivity contribution in [2.24, 2.45) is 0 Å². The Morgan fingerprint density at radius 2 is 1.79 bits per heavy atom. The van der Waals surface area contributed by atoms with Crippen molar-refractivity contribution in [3.63, 3.8) is 0 Å². The minimum absolute atomic E-state index is 0.245. The van der Waals surface area contributed by atoms with Gasteiger partial charge in [0.15, 0.2) is 16.6 Å². The van der Waals surface area contributed by atoms with Crippen LogP contribution in [-0.4, -0.2) is 25.1 Å². The molecule has 0 atom stereocenters. The van der Waals surface area contributed by atoms with Crippen molar-refractivity contribution in [1.82, 2.24) is 4.98 Å². The van der Waals surface area contributed by atoms with E-state index in [1.54, 1.807) is 31.5 Å². The van der Waals surface area contributed by atoms with Crippen LogP contribution < -0.4 is 14.8 Å². The Labute approximate surface area is 143 Å². The number of carbonyl (C=O) groups is 1. The lowest BCUT2D eigenvalue weighted by atomic mass is 10.2. The second kappa shape index (κ2) is 7.14. The summed E-state index contributed by atoms with van der Waals surface area (Å²) in [6, 6.07) is 14.9. The molecular weight excluding hydrogens is 324 g/mol. The molecule has 0 unspecified atom stereocenters. The van der Waals surface area contributed by atoms with Crippen LogP contribution in [0.1, 0.15) is 10.4 Å². The van der Waals surface area contributed by atoms with Crippen LogP contribution in [0.3, 0.4) is 0 Å². The fraction of sp³-hybridized carbons (Fsp3) is 0.111. The van der Waals surface area contributed by atoms with Gasteiger partial charge in [-0.1, -0.05) is 41.7 Å². The largest absolute Gasteiger partial charge is 0.493 e. The number of nitrogens with one attached hydrogen (secondary N) is 1. The SMILES string of the molecule is COc1ccc(C(=O)Nc2ncc(-c3ccccc3)s2)cc1OC. The van der Waals surface area contributed by atoms with Crippen LogP contribution in [-0.2, 0) is 0 Å². The summed E-state index contributed by atoms with van der Waals surface area (Å²) < 4.78 is 10.4. The maximum Gasteiger partial charge on any atom is 0.257 e. The van der Waals surface area contributed by atoms with Crippen molar-refractivity contribution in [2.75, 3.05) is 19.5 Å². The molecule has 6 heteroatoms. The fourth-order valence-electron chi connectivity index (χ4n) is 2.21. The van der Waals surface area contributed by atoms with Gasteiger partial charge in [0.2, 0.25) is 0 Å². The predicted octanol–water partition coefficient (Wildman–Crippen LogP) is 4.08. The van der Waals surface area contributed by atoms with Gasteiger partial charge in [0, 0.05) is 11.8 Å². The average Bonchev–Trinajstić information content (AvgIpc) is 3.10. The van der Waals surface area contributed by atoms with Crippen LogP contribution in [0, 0.1) is 0 Å². The Hall–Kier alpha value is -2.86. The highest BCUT2D eigenvalue weighted by Crippen LogP contribution is 2.30. The van der Waals surface area contributed by atoms with Crippen LogP contribution >= 0.6 is 11.3 Å². The number of amides is 1. The number of aromatic nitrogens is 1. The van der Waals surface area contributed by atoms with E-state index in [4.69, 9.17) is 9.47 Å². The quantitative estimate of drug-likeness (QED) is 0.760. The number of thiazole rings is 1. The summed E-state index contributed by atoms with van der Waals surface area (Å²) in [6.45, 7) is 0. The summed E-state index contributed by atoms with van der Waals surface area (Å²) >= 11 is 1.43. The van der Waals surface area contributed by atoms with E-state index in [0.717, 1.165) is 10.4 Å². The molecule has 5 nitrogen and oxygen atoms in total. The molecular formula is C18H16N2O3S. The van der Waals surface area contributed by atoms with Crippen LogP contribution in [0.15, 0.2) is 54.7 Å². The molecule has 0 saturated carbocycles. The molecule has 3 aromatic rings. The van der Waals surface area contributed by atoms with Gasteiger partial charge in [-0.3, -0.25) is 10.1 Å². The van der Waals surface area contributed by atoms with Gasteiger partial charge in [-0.15, -0.1) is 0 Å². The first-order chi connectivity index (χ1) is 11.7. The highest BCUT2D eigenvalue weighted by atomic mass is 32.1. The van der Waals surface area contributed by atoms with Gasteiger partial charge in [0.1, 0.15) is 0 Å². The van der Waals surface area contributed by atoms with Crippen LogP contribution in [0.5, 0.6) is 11.5 Å². The Kier molecular flexibility index (Phi) is 4.77. The summed E-state index contributed by atoms with van der Waals surface area (Å²) in [5.41, 5.74) is 1.55. The fourth-order valence-corrected chi connectivity index (χ4v) is 3.03. The van der Waals surface area contributed by atoms with Crippen LogP contribution in [0.4, 0.5) is 5.13 Å². The zero-order valence-corrected chi connectivity index (χ0v) is 14.1. The minimum atomic E-state index is -0.245. The summed E-state index contributed by atoms with van der Waals surface area (Å²) in [7, 11) is 3.09. The Balaban J connectivity index is 1.77. The summed E-state index contributed by atoms with van der Waals surface area (Å²) in [4.78, 5) is 17.7. The number of hydrogen-bond acceptors (Lipinski definition) is 5. The molecule has 0 fully saturated rings. The number of nitrogens with zero attached hydrogens (tertiary/aromatic N) is 1. The molecule has 24 heavy (non-hydrogen) atoms. The van der Waals surface area contributed by atoms with Crippen molar-refractivity contribution < 1.29 is 14.3 Å². The molecule has 0 aliphatic rings. The number of rotatable bonds is 5. The Bertz CT molecular complexity index is 846. The standard InChI is InChI=1S/C18H16N2O3S/c1-22-14-9-8-13(10-15(14)23-2)17(21)20-18-19-11-16(24-18)12-6-4-3-5-7-12/h3-11H,1-2H3,(H,19,20,21). The van der Waals surface area contributed by atoms with E-state index in [1.165, 1.54) is 18.4 Å². The summed E-state index contributed by atoms with van der Waals surface area (Å²) in [6.07, 6.45) is 1.75. The van der Waals surface area contributed by atoms with Gasteiger partial charge in [0.25, 0.3) is 5.91 Å². The average molecular weight is 340 g/mol. The molecule has 3 rings (SSSR count). The maximum absolute atomic E-state index is 12.4. The molecule has 1 N–H and O–H groups in total. The smallest absolute Gasteiger partial charge is 0.257 e. The summed E-state index contributed by atoms with van der Waals surface area (Å²) in [5, 5.41) is 3.36. The lowest BCUT2D eigenvalue weighted by Gasteiger charge is -2.09. The second-order valence-electron chi connectivity index (χ2n) is 4.92. The molecule has 0 aliphatic carbocycles. The predicted molar refractivity (Wildman–Crippen MR) is 95.0 cm³/mol. The van der Waals surface area contributed by atoms with Gasteiger partial charge in [-0.25, -0.2) is 4.98 Å². The Morgan fingerprint density at radius 1 is 1.04 bits per heavy atom. The van der Waals surface area contributed by atoms with Gasteiger partial charge >= 0.3 is 0 Å². The molecule has 0 aliphatic heterocycles. The van der Waals surface area contributed by atoms with E-state index in [9.17, 15) is 4.79 Å². The van der Waals surface area contributed by atoms with Crippen molar-refractivity contribution >= 4 is 22.4 Å². The van der Waals surface area contributed by atoms with Crippen molar-refractivity contribution in [2.45, 2.75) is 0 Å². The van der Waals surface area contributed by atoms with Crippen LogP contribution in [0.2, 0.25) is 0 Å². The van der Waals surface area contributed by atoms with Crippen molar-refractivity contribution in [3.8, 4) is 21.9 Å². The molecule has 0 spiro atoms. The number of ether oxygens (including phenoxy) is 2. The second-order valence-corrected chi connectivity index (χ2v) is 5.95. The number of carbonyl (C=O) groups excluding carboxylic acids is 1. The third-order valence-electron chi connectivity index (χ3n) is 3.43. The normalized spacial score (nSPS) is 10.2. The Morgan fingerprint density at radius 3 is 2.50 bits per heavy atom. The van der Waals surface area contributed by atoms with Gasteiger partial charge in [-0.05, 0) is 23.8 Å². The molecule has 1 amide bonds. The third kappa shape index (κ3) is 3.38. The van der Waals surface area contributed by atoms with E-state index in [2.05, 4.69) is 10.3 Å². The van der Waals surface area contributed by atoms with Crippen molar-refractivity contribution in [1.29, 1.82) is 0 Å². The zero-order chi connectivity index (χ0) is 16.9.